The molecule has 1 amide bonds. The second-order valence-electron chi connectivity index (χ2n) is 7.14. The number of amides is 1. The van der Waals surface area contributed by atoms with Gasteiger partial charge < -0.3 is 25.2 Å². The fraction of sp³-hybridized carbons (Fsp3) is 0.350. The molecule has 2 atom stereocenters. The standard InChI is InChI=1S/C20H20Cl2F2N2O4/c1-11(27)25-17-8-13(2-3-14(17)22)30-10-20(29)4-5-26(9-18(20)28)19-15(23)6-12(21)7-16(19)24/h2-3,6-8,18,28-29H,4-5,9-10H2,1H3,(H,25,27)/t18-,20-/m1/s1. The van der Waals surface area contributed by atoms with Crippen molar-refractivity contribution in [2.24, 2.45) is 0 Å². The van der Waals surface area contributed by atoms with Crippen LogP contribution in [0.3, 0.4) is 0 Å². The van der Waals surface area contributed by atoms with E-state index in [9.17, 15) is 23.8 Å². The van der Waals surface area contributed by atoms with Crippen LogP contribution in [0.25, 0.3) is 0 Å². The number of hydrogen-bond donors (Lipinski definition) is 3. The number of ether oxygens (including phenoxy) is 1. The molecule has 0 bridgehead atoms. The van der Waals surface area contributed by atoms with Gasteiger partial charge in [-0.2, -0.15) is 0 Å². The maximum absolute atomic E-state index is 14.2. The highest BCUT2D eigenvalue weighted by Gasteiger charge is 2.42. The molecule has 0 spiro atoms. The normalized spacial score (nSPS) is 21.4. The second kappa shape index (κ2) is 8.93. The van der Waals surface area contributed by atoms with Crippen molar-refractivity contribution < 1.29 is 28.5 Å². The van der Waals surface area contributed by atoms with Crippen molar-refractivity contribution in [1.29, 1.82) is 0 Å². The number of carbonyl (C=O) groups is 1. The zero-order valence-electron chi connectivity index (χ0n) is 16.0. The number of nitrogens with one attached hydrogen (secondary N) is 1. The van der Waals surface area contributed by atoms with E-state index >= 15 is 0 Å². The predicted octanol–water partition coefficient (Wildman–Crippen LogP) is 3.61. The molecule has 0 unspecified atom stereocenters. The fourth-order valence-corrected chi connectivity index (χ4v) is 3.62. The minimum atomic E-state index is -1.64. The van der Waals surface area contributed by atoms with E-state index in [0.717, 1.165) is 12.1 Å². The Balaban J connectivity index is 1.69. The number of carbonyl (C=O) groups excluding carboxylic acids is 1. The van der Waals surface area contributed by atoms with E-state index in [2.05, 4.69) is 5.32 Å². The van der Waals surface area contributed by atoms with Crippen molar-refractivity contribution in [2.75, 3.05) is 29.9 Å². The van der Waals surface area contributed by atoms with Crippen LogP contribution in [0, 0.1) is 11.6 Å². The first-order valence-electron chi connectivity index (χ1n) is 9.09. The van der Waals surface area contributed by atoms with Gasteiger partial charge in [0.25, 0.3) is 0 Å². The van der Waals surface area contributed by atoms with Crippen molar-refractivity contribution >= 4 is 40.5 Å². The Bertz CT molecular complexity index is 939. The number of hydrogen-bond acceptors (Lipinski definition) is 5. The number of piperidine rings is 1. The number of anilines is 2. The first kappa shape index (κ1) is 22.6. The van der Waals surface area contributed by atoms with Gasteiger partial charge in [0.05, 0.1) is 10.7 Å². The molecule has 6 nitrogen and oxygen atoms in total. The predicted molar refractivity (Wildman–Crippen MR) is 110 cm³/mol. The topological polar surface area (TPSA) is 82.0 Å². The average Bonchev–Trinajstić information content (AvgIpc) is 2.64. The van der Waals surface area contributed by atoms with Gasteiger partial charge in [-0.25, -0.2) is 8.78 Å². The van der Waals surface area contributed by atoms with E-state index in [-0.39, 0.29) is 42.7 Å². The summed E-state index contributed by atoms with van der Waals surface area (Å²) in [6, 6.07) is 6.55. The minimum Gasteiger partial charge on any atom is -0.490 e. The average molecular weight is 461 g/mol. The lowest BCUT2D eigenvalue weighted by Gasteiger charge is -2.42. The van der Waals surface area contributed by atoms with E-state index in [1.165, 1.54) is 24.0 Å². The van der Waals surface area contributed by atoms with Gasteiger partial charge in [-0.05, 0) is 30.7 Å². The largest absolute Gasteiger partial charge is 0.490 e. The first-order valence-corrected chi connectivity index (χ1v) is 9.84. The molecule has 2 aromatic rings. The van der Waals surface area contributed by atoms with Gasteiger partial charge in [-0.15, -0.1) is 0 Å². The molecule has 10 heteroatoms. The Morgan fingerprint density at radius 1 is 1.30 bits per heavy atom. The van der Waals surface area contributed by atoms with Crippen LogP contribution in [0.4, 0.5) is 20.2 Å². The lowest BCUT2D eigenvalue weighted by molar-refractivity contribution is -0.114. The summed E-state index contributed by atoms with van der Waals surface area (Å²) >= 11 is 11.7. The van der Waals surface area contributed by atoms with Gasteiger partial charge in [-0.3, -0.25) is 4.79 Å². The Labute approximate surface area is 182 Å². The summed E-state index contributed by atoms with van der Waals surface area (Å²) in [7, 11) is 0. The number of rotatable bonds is 5. The monoisotopic (exact) mass is 460 g/mol. The number of β-amino-alcohol motifs (C(OH)–C–C–N with tert-alkyl or cyclic N) is 1. The van der Waals surface area contributed by atoms with Gasteiger partial charge in [0.15, 0.2) is 11.6 Å². The zero-order valence-corrected chi connectivity index (χ0v) is 17.5. The Kier molecular flexibility index (Phi) is 6.71. The van der Waals surface area contributed by atoms with E-state index in [1.54, 1.807) is 6.07 Å². The molecule has 0 aromatic heterocycles. The summed E-state index contributed by atoms with van der Waals surface area (Å²) in [6.45, 7) is 0.953. The molecule has 3 rings (SSSR count). The fourth-order valence-electron chi connectivity index (χ4n) is 3.26. The molecule has 1 aliphatic rings. The minimum absolute atomic E-state index is 0.00180. The Morgan fingerprint density at radius 3 is 2.57 bits per heavy atom. The van der Waals surface area contributed by atoms with E-state index in [1.807, 2.05) is 0 Å². The van der Waals surface area contributed by atoms with Crippen molar-refractivity contribution in [3.05, 3.63) is 52.0 Å². The third kappa shape index (κ3) is 4.95. The molecule has 0 aliphatic carbocycles. The zero-order chi connectivity index (χ0) is 22.1. The molecule has 0 saturated carbocycles. The lowest BCUT2D eigenvalue weighted by Crippen LogP contribution is -2.58. The first-order chi connectivity index (χ1) is 14.1. The number of aliphatic hydroxyl groups excluding tert-OH is 1. The van der Waals surface area contributed by atoms with Crippen LogP contribution in [-0.2, 0) is 4.79 Å². The molecule has 1 heterocycles. The van der Waals surface area contributed by atoms with Crippen molar-refractivity contribution in [3.63, 3.8) is 0 Å². The number of halogens is 4. The highest BCUT2D eigenvalue weighted by molar-refractivity contribution is 6.33. The second-order valence-corrected chi connectivity index (χ2v) is 7.99. The van der Waals surface area contributed by atoms with Crippen LogP contribution in [-0.4, -0.2) is 47.5 Å². The van der Waals surface area contributed by atoms with E-state index < -0.39 is 23.3 Å². The number of aliphatic hydroxyl groups is 2. The molecular weight excluding hydrogens is 441 g/mol. The van der Waals surface area contributed by atoms with Gasteiger partial charge in [0, 0.05) is 31.1 Å². The van der Waals surface area contributed by atoms with Gasteiger partial charge >= 0.3 is 0 Å². The maximum Gasteiger partial charge on any atom is 0.221 e. The van der Waals surface area contributed by atoms with Crippen molar-refractivity contribution in [1.82, 2.24) is 0 Å². The Hall–Kier alpha value is -2.13. The van der Waals surface area contributed by atoms with Gasteiger partial charge in [0.2, 0.25) is 5.91 Å². The number of nitrogens with zero attached hydrogens (tertiary/aromatic N) is 1. The molecule has 2 aromatic carbocycles. The highest BCUT2D eigenvalue weighted by Crippen LogP contribution is 2.33. The summed E-state index contributed by atoms with van der Waals surface area (Å²) in [6.07, 6.45) is -1.33. The van der Waals surface area contributed by atoms with Gasteiger partial charge in [-0.1, -0.05) is 23.2 Å². The third-order valence-electron chi connectivity index (χ3n) is 4.86. The molecule has 1 fully saturated rings. The number of benzene rings is 2. The molecule has 1 saturated heterocycles. The third-order valence-corrected chi connectivity index (χ3v) is 5.41. The van der Waals surface area contributed by atoms with E-state index in [4.69, 9.17) is 27.9 Å². The quantitative estimate of drug-likeness (QED) is 0.634. The highest BCUT2D eigenvalue weighted by atomic mass is 35.5. The van der Waals surface area contributed by atoms with Gasteiger partial charge in [0.1, 0.15) is 29.7 Å². The van der Waals surface area contributed by atoms with Crippen LogP contribution in [0.5, 0.6) is 5.75 Å². The van der Waals surface area contributed by atoms with Crippen LogP contribution < -0.4 is 15.0 Å². The summed E-state index contributed by atoms with van der Waals surface area (Å²) in [4.78, 5) is 12.6. The Morgan fingerprint density at radius 2 is 1.97 bits per heavy atom. The van der Waals surface area contributed by atoms with Crippen molar-refractivity contribution in [3.8, 4) is 5.75 Å². The molecule has 162 valence electrons. The van der Waals surface area contributed by atoms with Crippen LogP contribution in [0.15, 0.2) is 30.3 Å². The van der Waals surface area contributed by atoms with Crippen LogP contribution in [0.1, 0.15) is 13.3 Å². The SMILES string of the molecule is CC(=O)Nc1cc(OC[C@]2(O)CCN(c3c(F)cc(Cl)cc3F)C[C@H]2O)ccc1Cl. The summed E-state index contributed by atoms with van der Waals surface area (Å²) < 4.78 is 33.9. The summed E-state index contributed by atoms with van der Waals surface area (Å²) in [5.74, 6) is -1.68. The summed E-state index contributed by atoms with van der Waals surface area (Å²) in [5.41, 5.74) is -1.60. The smallest absolute Gasteiger partial charge is 0.221 e. The molecule has 30 heavy (non-hydrogen) atoms. The molecule has 0 radical (unpaired) electrons. The summed E-state index contributed by atoms with van der Waals surface area (Å²) in [5, 5.41) is 24.1. The van der Waals surface area contributed by atoms with Crippen molar-refractivity contribution in [2.45, 2.75) is 25.0 Å². The lowest BCUT2D eigenvalue weighted by atomic mass is 9.89. The molecule has 3 N–H and O–H groups in total. The maximum atomic E-state index is 14.2. The van der Waals surface area contributed by atoms with E-state index in [0.29, 0.717) is 16.5 Å². The molecule has 1 aliphatic heterocycles. The van der Waals surface area contributed by atoms with Crippen LogP contribution in [0.2, 0.25) is 10.0 Å². The molecular formula is C20H20Cl2F2N2O4. The van der Waals surface area contributed by atoms with Crippen LogP contribution >= 0.6 is 23.2 Å².